The molecule has 240 valence electrons. The number of hydrogen-bond donors (Lipinski definition) is 4. The number of urea groups is 1. The lowest BCUT2D eigenvalue weighted by Crippen LogP contribution is -2.49. The van der Waals surface area contributed by atoms with Crippen LogP contribution in [0.3, 0.4) is 0 Å². The van der Waals surface area contributed by atoms with Crippen molar-refractivity contribution in [2.75, 3.05) is 17.2 Å². The highest BCUT2D eigenvalue weighted by Crippen LogP contribution is 2.42. The second-order valence-electron chi connectivity index (χ2n) is 12.8. The van der Waals surface area contributed by atoms with Gasteiger partial charge >= 0.3 is 6.03 Å². The summed E-state index contributed by atoms with van der Waals surface area (Å²) in [5, 5.41) is 16.3. The molecule has 12 heteroatoms. The zero-order chi connectivity index (χ0) is 32.4. The first-order chi connectivity index (χ1) is 21.4. The van der Waals surface area contributed by atoms with Crippen LogP contribution in [0.25, 0.3) is 0 Å². The summed E-state index contributed by atoms with van der Waals surface area (Å²) in [6.45, 7) is 5.57. The average molecular weight is 656 g/mol. The molecule has 4 N–H and O–H groups in total. The normalized spacial score (nSPS) is 20.4. The highest BCUT2D eigenvalue weighted by molar-refractivity contribution is 7.84. The van der Waals surface area contributed by atoms with E-state index in [0.29, 0.717) is 34.3 Å². The number of rotatable bonds is 10. The van der Waals surface area contributed by atoms with E-state index in [0.717, 1.165) is 19.3 Å². The number of nitrogens with zero attached hydrogens (tertiary/aromatic N) is 2. The van der Waals surface area contributed by atoms with Crippen LogP contribution in [0.5, 0.6) is 0 Å². The first-order valence-electron chi connectivity index (χ1n) is 15.1. The highest BCUT2D eigenvalue weighted by atomic mass is 35.5. The Morgan fingerprint density at radius 3 is 2.47 bits per heavy atom. The lowest BCUT2D eigenvalue weighted by molar-refractivity contribution is -0.119. The number of nitrogens with one attached hydrogen (secondary N) is 3. The maximum absolute atomic E-state index is 15.4. The van der Waals surface area contributed by atoms with Crippen molar-refractivity contribution in [3.05, 3.63) is 89.0 Å². The number of likely N-dealkylation sites (tertiary alicyclic amines) is 1. The Morgan fingerprint density at radius 2 is 1.82 bits per heavy atom. The largest absolute Gasteiger partial charge is 0.391 e. The summed E-state index contributed by atoms with van der Waals surface area (Å²) in [5.41, 5.74) is 0.576. The Kier molecular flexibility index (Phi) is 9.93. The second kappa shape index (κ2) is 13.5. The van der Waals surface area contributed by atoms with Crippen LogP contribution in [-0.2, 0) is 21.3 Å². The molecule has 9 nitrogen and oxygen atoms in total. The topological polar surface area (TPSA) is 124 Å². The van der Waals surface area contributed by atoms with Gasteiger partial charge < -0.3 is 20.6 Å². The van der Waals surface area contributed by atoms with E-state index in [1.165, 1.54) is 11.0 Å². The molecule has 0 bridgehead atoms. The van der Waals surface area contributed by atoms with Crippen molar-refractivity contribution >= 4 is 45.9 Å². The molecule has 0 radical (unpaired) electrons. The molecular formula is C33H39ClFN5O4S. The quantitative estimate of drug-likeness (QED) is 0.214. The average Bonchev–Trinajstić information content (AvgIpc) is 3.75. The van der Waals surface area contributed by atoms with Gasteiger partial charge in [0.1, 0.15) is 11.9 Å². The van der Waals surface area contributed by atoms with Gasteiger partial charge in [0.05, 0.1) is 38.8 Å². The van der Waals surface area contributed by atoms with Gasteiger partial charge in [-0.25, -0.2) is 18.1 Å². The van der Waals surface area contributed by atoms with Gasteiger partial charge in [0.2, 0.25) is 5.91 Å². The molecular weight excluding hydrogens is 617 g/mol. The number of carbonyl (C=O) groups excluding carboxylic acids is 2. The van der Waals surface area contributed by atoms with E-state index < -0.39 is 51.2 Å². The van der Waals surface area contributed by atoms with Crippen molar-refractivity contribution in [2.24, 2.45) is 5.92 Å². The van der Waals surface area contributed by atoms with E-state index in [-0.39, 0.29) is 18.7 Å². The molecule has 45 heavy (non-hydrogen) atoms. The van der Waals surface area contributed by atoms with E-state index >= 15 is 4.39 Å². The predicted octanol–water partition coefficient (Wildman–Crippen LogP) is 5.97. The minimum absolute atomic E-state index is 0.00738. The number of halogens is 2. The maximum Gasteiger partial charge on any atom is 0.322 e. The smallest absolute Gasteiger partial charge is 0.322 e. The van der Waals surface area contributed by atoms with Gasteiger partial charge in [0.25, 0.3) is 0 Å². The third-order valence-corrected chi connectivity index (χ3v) is 10.1. The number of hydrogen-bond acceptors (Lipinski definition) is 5. The lowest BCUT2D eigenvalue weighted by atomic mass is 9.82. The Morgan fingerprint density at radius 1 is 1.09 bits per heavy atom. The number of aliphatic hydroxyl groups is 1. The third kappa shape index (κ3) is 7.89. The summed E-state index contributed by atoms with van der Waals surface area (Å²) in [4.78, 5) is 32.6. The number of amides is 3. The monoisotopic (exact) mass is 655 g/mol. The van der Waals surface area contributed by atoms with E-state index in [9.17, 15) is 18.9 Å². The van der Waals surface area contributed by atoms with Crippen LogP contribution in [0.4, 0.5) is 20.6 Å². The zero-order valence-electron chi connectivity index (χ0n) is 25.6. The number of pyridine rings is 1. The van der Waals surface area contributed by atoms with Crippen molar-refractivity contribution in [1.82, 2.24) is 14.6 Å². The Balaban J connectivity index is 1.45. The summed E-state index contributed by atoms with van der Waals surface area (Å²) < 4.78 is 31.8. The molecule has 1 aromatic heterocycles. The highest BCUT2D eigenvalue weighted by Gasteiger charge is 2.42. The SMILES string of the molecule is CC(C)(C)[S@](=O)NC(CCC1CC1)(c1ccc(F)c(NC(=O)[C@H]2C[C@@H](O)CN2C(=O)Nc2ccc(Cl)cc2)c1)c1ccccn1. The Bertz CT molecular complexity index is 1550. The third-order valence-electron chi connectivity index (χ3n) is 8.20. The van der Waals surface area contributed by atoms with Gasteiger partial charge in [0.15, 0.2) is 0 Å². The molecule has 1 saturated carbocycles. The molecule has 2 heterocycles. The van der Waals surface area contributed by atoms with Gasteiger partial charge in [-0.3, -0.25) is 9.78 Å². The molecule has 0 spiro atoms. The number of carbonyl (C=O) groups is 2. The number of benzene rings is 2. The minimum Gasteiger partial charge on any atom is -0.391 e. The van der Waals surface area contributed by atoms with Crippen LogP contribution < -0.4 is 15.4 Å². The number of anilines is 2. The summed E-state index contributed by atoms with van der Waals surface area (Å²) in [6, 6.07) is 14.8. The van der Waals surface area contributed by atoms with Crippen LogP contribution in [0.2, 0.25) is 5.02 Å². The fraction of sp³-hybridized carbons (Fsp3) is 0.424. The maximum atomic E-state index is 15.4. The zero-order valence-corrected chi connectivity index (χ0v) is 27.1. The van der Waals surface area contributed by atoms with Crippen LogP contribution >= 0.6 is 11.6 Å². The van der Waals surface area contributed by atoms with Crippen LogP contribution in [0, 0.1) is 11.7 Å². The van der Waals surface area contributed by atoms with E-state index in [4.69, 9.17) is 11.6 Å². The fourth-order valence-corrected chi connectivity index (χ4v) is 6.53. The van der Waals surface area contributed by atoms with Crippen LogP contribution in [-0.4, -0.2) is 54.6 Å². The molecule has 5 rings (SSSR count). The summed E-state index contributed by atoms with van der Waals surface area (Å²) in [7, 11) is -1.52. The number of β-amino-alcohol motifs (C(OH)–C–C–N with tert-alkyl or cyclic N) is 1. The van der Waals surface area contributed by atoms with E-state index in [1.54, 1.807) is 48.7 Å². The molecule has 1 unspecified atom stereocenters. The molecule has 2 aromatic carbocycles. The molecule has 1 aliphatic heterocycles. The minimum atomic E-state index is -1.52. The molecule has 2 fully saturated rings. The number of aromatic nitrogens is 1. The van der Waals surface area contributed by atoms with Crippen molar-refractivity contribution in [1.29, 1.82) is 0 Å². The van der Waals surface area contributed by atoms with Crippen LogP contribution in [0.15, 0.2) is 66.9 Å². The van der Waals surface area contributed by atoms with Gasteiger partial charge in [-0.1, -0.05) is 36.6 Å². The first-order valence-corrected chi connectivity index (χ1v) is 16.6. The Hall–Kier alpha value is -3.38. The van der Waals surface area contributed by atoms with E-state index in [2.05, 4.69) is 20.3 Å². The fourth-order valence-electron chi connectivity index (χ4n) is 5.45. The van der Waals surface area contributed by atoms with Gasteiger partial charge in [0, 0.05) is 29.9 Å². The molecule has 2 aliphatic rings. The summed E-state index contributed by atoms with van der Waals surface area (Å²) in [6.07, 6.45) is 4.40. The van der Waals surface area contributed by atoms with Crippen molar-refractivity contribution in [2.45, 2.75) is 75.3 Å². The predicted molar refractivity (Wildman–Crippen MR) is 175 cm³/mol. The molecule has 3 amide bonds. The standard InChI is InChI=1S/C33H39ClFN5O4S/c1-32(2,3)45(44)39-33(16-15-21-7-8-21,29-6-4-5-17-36-29)22-9-14-26(35)27(18-22)38-30(42)28-19-25(41)20-40(28)31(43)37-24-12-10-23(34)11-13-24/h4-6,9-14,17-18,21,25,28,39,41H,7-8,15-16,19-20H2,1-3H3,(H,37,43)(H,38,42)/t25-,28-,33?,45+/m1/s1. The lowest BCUT2D eigenvalue weighted by Gasteiger charge is -2.37. The van der Waals surface area contributed by atoms with Crippen molar-refractivity contribution < 1.29 is 23.3 Å². The Labute approximate surface area is 270 Å². The van der Waals surface area contributed by atoms with Gasteiger partial charge in [-0.2, -0.15) is 0 Å². The molecule has 1 aliphatic carbocycles. The number of aliphatic hydroxyl groups excluding tert-OH is 1. The summed E-state index contributed by atoms with van der Waals surface area (Å²) >= 11 is 5.94. The summed E-state index contributed by atoms with van der Waals surface area (Å²) in [5.74, 6) is -0.755. The van der Waals surface area contributed by atoms with Crippen LogP contribution in [0.1, 0.15) is 64.1 Å². The first kappa shape index (κ1) is 33.0. The molecule has 3 aromatic rings. The van der Waals surface area contributed by atoms with E-state index in [1.807, 2.05) is 32.9 Å². The van der Waals surface area contributed by atoms with Gasteiger partial charge in [-0.15, -0.1) is 0 Å². The second-order valence-corrected chi connectivity index (χ2v) is 15.2. The van der Waals surface area contributed by atoms with Gasteiger partial charge in [-0.05, 0) is 93.6 Å². The van der Waals surface area contributed by atoms with Crippen molar-refractivity contribution in [3.8, 4) is 0 Å². The molecule has 4 atom stereocenters. The van der Waals surface area contributed by atoms with Crippen molar-refractivity contribution in [3.63, 3.8) is 0 Å². The molecule has 1 saturated heterocycles.